The van der Waals surface area contributed by atoms with Gasteiger partial charge in [-0.1, -0.05) is 0 Å². The Labute approximate surface area is 186 Å². The zero-order valence-corrected chi connectivity index (χ0v) is 22.1. The summed E-state index contributed by atoms with van der Waals surface area (Å²) in [6.45, 7) is 14.0. The monoisotopic (exact) mass is 528 g/mol. The molecule has 0 atom stereocenters. The van der Waals surface area contributed by atoms with E-state index >= 15 is 0 Å². The van der Waals surface area contributed by atoms with E-state index in [4.69, 9.17) is 13.0 Å². The number of hydrogen-bond donors (Lipinski definition) is 0. The molecule has 32 heavy (non-hydrogen) atoms. The van der Waals surface area contributed by atoms with Crippen LogP contribution in [0.2, 0.25) is 51.9 Å². The molecule has 0 aromatic carbocycles. The van der Waals surface area contributed by atoms with E-state index in [2.05, 4.69) is 4.74 Å². The number of esters is 2. The minimum Gasteiger partial charge on any atom is -0.463 e. The Bertz CT molecular complexity index is 638. The van der Waals surface area contributed by atoms with Crippen molar-refractivity contribution in [2.75, 3.05) is 6.61 Å². The second-order valence-corrected chi connectivity index (χ2v) is 21.9. The van der Waals surface area contributed by atoms with Crippen molar-refractivity contribution in [1.82, 2.24) is 0 Å². The molecule has 0 unspecified atom stereocenters. The predicted octanol–water partition coefficient (Wildman–Crippen LogP) is 5.29. The van der Waals surface area contributed by atoms with Gasteiger partial charge in [0, 0.05) is 12.2 Å². The first-order chi connectivity index (χ1) is 14.0. The average Bonchev–Trinajstić information content (AvgIpc) is 2.48. The average molecular weight is 529 g/mol. The molecule has 0 aromatic heterocycles. The fourth-order valence-corrected chi connectivity index (χ4v) is 15.2. The van der Waals surface area contributed by atoms with E-state index in [0.717, 1.165) is 0 Å². The van der Waals surface area contributed by atoms with E-state index in [-0.39, 0.29) is 12.7 Å². The standard InChI is InChI=1S/C17H30F6O6Si3/c1-30(2,3)28-32(7,29-31(4,5)6)12-8-11-26-13(24)9-10-14(25)27-15(16(18,19)20)17(21,22)23/h9-10,15H,8,11-12H2,1-7H3. The van der Waals surface area contributed by atoms with Crippen molar-refractivity contribution in [3.05, 3.63) is 12.2 Å². The maximum Gasteiger partial charge on any atom is 0.434 e. The molecular formula is C17H30F6O6Si3. The Kier molecular flexibility index (Phi) is 10.9. The molecule has 188 valence electrons. The smallest absolute Gasteiger partial charge is 0.434 e. The molecule has 0 aliphatic carbocycles. The summed E-state index contributed by atoms with van der Waals surface area (Å²) in [7, 11) is -6.38. The van der Waals surface area contributed by atoms with Crippen LogP contribution < -0.4 is 0 Å². The van der Waals surface area contributed by atoms with Gasteiger partial charge in [-0.2, -0.15) is 26.3 Å². The molecule has 0 N–H and O–H groups in total. The molecule has 0 heterocycles. The van der Waals surface area contributed by atoms with Gasteiger partial charge in [0.05, 0.1) is 6.61 Å². The Morgan fingerprint density at radius 2 is 1.19 bits per heavy atom. The second-order valence-electron chi connectivity index (χ2n) is 9.07. The summed E-state index contributed by atoms with van der Waals surface area (Å²) < 4.78 is 94.9. The van der Waals surface area contributed by atoms with Gasteiger partial charge in [-0.05, 0) is 58.3 Å². The Balaban J connectivity index is 4.76. The summed E-state index contributed by atoms with van der Waals surface area (Å²) >= 11 is 0. The van der Waals surface area contributed by atoms with Gasteiger partial charge in [-0.25, -0.2) is 9.59 Å². The van der Waals surface area contributed by atoms with Gasteiger partial charge >= 0.3 is 32.9 Å². The van der Waals surface area contributed by atoms with Crippen LogP contribution in [0.15, 0.2) is 12.2 Å². The Hall–Kier alpha value is -1.17. The zero-order valence-electron chi connectivity index (χ0n) is 19.1. The number of carbonyl (C=O) groups is 2. The van der Waals surface area contributed by atoms with Crippen LogP contribution in [0.5, 0.6) is 0 Å². The van der Waals surface area contributed by atoms with E-state index < -0.39 is 55.6 Å². The van der Waals surface area contributed by atoms with Gasteiger partial charge in [0.15, 0.2) is 16.6 Å². The molecule has 0 bridgehead atoms. The van der Waals surface area contributed by atoms with Gasteiger partial charge in [-0.15, -0.1) is 0 Å². The van der Waals surface area contributed by atoms with Crippen LogP contribution in [-0.4, -0.2) is 62.2 Å². The van der Waals surface area contributed by atoms with Gasteiger partial charge < -0.3 is 17.7 Å². The summed E-state index contributed by atoms with van der Waals surface area (Å²) in [5.41, 5.74) is 0. The van der Waals surface area contributed by atoms with E-state index in [1.165, 1.54) is 0 Å². The molecule has 0 aliphatic rings. The highest BCUT2D eigenvalue weighted by molar-refractivity contribution is 6.87. The third-order valence-electron chi connectivity index (χ3n) is 3.25. The summed E-state index contributed by atoms with van der Waals surface area (Å²) in [5, 5.41) is 0. The van der Waals surface area contributed by atoms with Crippen molar-refractivity contribution < 1.29 is 53.6 Å². The van der Waals surface area contributed by atoms with Crippen LogP contribution in [0.25, 0.3) is 0 Å². The summed E-state index contributed by atoms with van der Waals surface area (Å²) in [4.78, 5) is 22.9. The number of ether oxygens (including phenoxy) is 2. The highest BCUT2D eigenvalue weighted by atomic mass is 28.5. The second kappa shape index (κ2) is 11.3. The Morgan fingerprint density at radius 3 is 1.56 bits per heavy atom. The van der Waals surface area contributed by atoms with Crippen molar-refractivity contribution in [2.45, 2.75) is 76.8 Å². The molecular weight excluding hydrogens is 498 g/mol. The predicted molar refractivity (Wildman–Crippen MR) is 112 cm³/mol. The molecule has 0 saturated heterocycles. The summed E-state index contributed by atoms with van der Waals surface area (Å²) in [6, 6.07) is 0.513. The third kappa shape index (κ3) is 14.1. The molecule has 0 amide bonds. The number of halogens is 6. The third-order valence-corrected chi connectivity index (χ3v) is 12.9. The molecule has 15 heteroatoms. The van der Waals surface area contributed by atoms with Crippen LogP contribution in [-0.2, 0) is 27.3 Å². The quantitative estimate of drug-likeness (QED) is 0.119. The van der Waals surface area contributed by atoms with E-state index in [1.807, 2.05) is 45.8 Å². The molecule has 0 radical (unpaired) electrons. The SMILES string of the molecule is C[Si](C)(C)O[Si](C)(CCCOC(=O)C=CC(=O)OC(C(F)(F)F)C(F)(F)F)O[Si](C)(C)C. The van der Waals surface area contributed by atoms with Crippen molar-refractivity contribution in [2.24, 2.45) is 0 Å². The molecule has 0 aromatic rings. The van der Waals surface area contributed by atoms with E-state index in [9.17, 15) is 35.9 Å². The number of carbonyl (C=O) groups excluding carboxylic acids is 2. The highest BCUT2D eigenvalue weighted by Crippen LogP contribution is 2.35. The van der Waals surface area contributed by atoms with Crippen LogP contribution in [0.4, 0.5) is 26.3 Å². The molecule has 0 aliphatic heterocycles. The summed E-state index contributed by atoms with van der Waals surface area (Å²) in [6.07, 6.45) is -15.0. The maximum absolute atomic E-state index is 12.4. The molecule has 0 spiro atoms. The first kappa shape index (κ1) is 30.8. The van der Waals surface area contributed by atoms with E-state index in [1.54, 1.807) is 0 Å². The number of hydrogen-bond acceptors (Lipinski definition) is 6. The van der Waals surface area contributed by atoms with Crippen LogP contribution in [0.1, 0.15) is 6.42 Å². The van der Waals surface area contributed by atoms with Gasteiger partial charge in [0.1, 0.15) is 0 Å². The van der Waals surface area contributed by atoms with Crippen LogP contribution >= 0.6 is 0 Å². The Morgan fingerprint density at radius 1 is 0.781 bits per heavy atom. The number of rotatable bonds is 11. The minimum atomic E-state index is -5.84. The lowest BCUT2D eigenvalue weighted by atomic mass is 10.3. The van der Waals surface area contributed by atoms with Gasteiger partial charge in [0.25, 0.3) is 6.10 Å². The topological polar surface area (TPSA) is 71.1 Å². The van der Waals surface area contributed by atoms with Crippen LogP contribution in [0.3, 0.4) is 0 Å². The molecule has 0 rings (SSSR count). The summed E-state index contributed by atoms with van der Waals surface area (Å²) in [5.74, 6) is -3.09. The van der Waals surface area contributed by atoms with Gasteiger partial charge in [0.2, 0.25) is 0 Å². The minimum absolute atomic E-state index is 0.0986. The van der Waals surface area contributed by atoms with Crippen molar-refractivity contribution in [3.8, 4) is 0 Å². The first-order valence-corrected chi connectivity index (χ1v) is 19.0. The van der Waals surface area contributed by atoms with Crippen molar-refractivity contribution in [1.29, 1.82) is 0 Å². The number of alkyl halides is 6. The normalized spacial score (nSPS) is 14.2. The maximum atomic E-state index is 12.4. The zero-order chi connectivity index (χ0) is 25.6. The molecule has 0 saturated carbocycles. The lowest BCUT2D eigenvalue weighted by Gasteiger charge is -2.38. The highest BCUT2D eigenvalue weighted by Gasteiger charge is 2.59. The molecule has 6 nitrogen and oxygen atoms in total. The van der Waals surface area contributed by atoms with Crippen molar-refractivity contribution >= 4 is 37.1 Å². The fourth-order valence-electron chi connectivity index (χ4n) is 2.64. The lowest BCUT2D eigenvalue weighted by Crippen LogP contribution is -2.52. The largest absolute Gasteiger partial charge is 0.463 e. The first-order valence-electron chi connectivity index (χ1n) is 9.63. The van der Waals surface area contributed by atoms with Crippen molar-refractivity contribution in [3.63, 3.8) is 0 Å². The van der Waals surface area contributed by atoms with Crippen LogP contribution in [0, 0.1) is 0 Å². The molecule has 0 fully saturated rings. The van der Waals surface area contributed by atoms with E-state index in [0.29, 0.717) is 18.5 Å². The lowest BCUT2D eigenvalue weighted by molar-refractivity contribution is -0.312. The van der Waals surface area contributed by atoms with Gasteiger partial charge in [-0.3, -0.25) is 0 Å². The fraction of sp³-hybridized carbons (Fsp3) is 0.765.